The first-order valence-corrected chi connectivity index (χ1v) is 5.89. The van der Waals surface area contributed by atoms with E-state index < -0.39 is 0 Å². The van der Waals surface area contributed by atoms with Gasteiger partial charge in [0.05, 0.1) is 12.6 Å². The van der Waals surface area contributed by atoms with Crippen molar-refractivity contribution >= 4 is 5.91 Å². The molecular formula is C11H22N2O2. The van der Waals surface area contributed by atoms with Crippen LogP contribution in [0.15, 0.2) is 0 Å². The maximum absolute atomic E-state index is 11.3. The molecule has 4 nitrogen and oxygen atoms in total. The highest BCUT2D eigenvalue weighted by atomic mass is 16.3. The molecule has 1 aliphatic carbocycles. The summed E-state index contributed by atoms with van der Waals surface area (Å²) < 4.78 is 0. The average Bonchev–Trinajstić information content (AvgIpc) is 2.61. The zero-order valence-corrected chi connectivity index (χ0v) is 9.46. The van der Waals surface area contributed by atoms with E-state index in [2.05, 4.69) is 17.6 Å². The highest BCUT2D eigenvalue weighted by molar-refractivity contribution is 5.77. The third-order valence-electron chi connectivity index (χ3n) is 2.89. The first-order chi connectivity index (χ1) is 7.24. The lowest BCUT2D eigenvalue weighted by Crippen LogP contribution is -2.38. The van der Waals surface area contributed by atoms with Gasteiger partial charge in [0, 0.05) is 12.5 Å². The summed E-state index contributed by atoms with van der Waals surface area (Å²) in [7, 11) is 0. The average molecular weight is 214 g/mol. The molecule has 15 heavy (non-hydrogen) atoms. The highest BCUT2D eigenvalue weighted by Crippen LogP contribution is 2.24. The number of amides is 1. The molecule has 2 unspecified atom stereocenters. The Morgan fingerprint density at radius 3 is 2.87 bits per heavy atom. The van der Waals surface area contributed by atoms with Crippen LogP contribution in [0.3, 0.4) is 0 Å². The molecule has 0 radical (unpaired) electrons. The number of hydrogen-bond donors (Lipinski definition) is 3. The Morgan fingerprint density at radius 2 is 2.27 bits per heavy atom. The lowest BCUT2D eigenvalue weighted by atomic mass is 10.1. The monoisotopic (exact) mass is 214 g/mol. The minimum Gasteiger partial charge on any atom is -0.393 e. The van der Waals surface area contributed by atoms with E-state index in [1.54, 1.807) is 0 Å². The van der Waals surface area contributed by atoms with Crippen LogP contribution in [0.25, 0.3) is 0 Å². The molecule has 0 aromatic heterocycles. The molecule has 1 rings (SSSR count). The van der Waals surface area contributed by atoms with E-state index in [1.807, 2.05) is 0 Å². The van der Waals surface area contributed by atoms with Gasteiger partial charge in [-0.1, -0.05) is 13.3 Å². The van der Waals surface area contributed by atoms with Crippen LogP contribution in [0.2, 0.25) is 0 Å². The van der Waals surface area contributed by atoms with Crippen molar-refractivity contribution < 1.29 is 9.90 Å². The van der Waals surface area contributed by atoms with Crippen LogP contribution in [0.5, 0.6) is 0 Å². The molecule has 88 valence electrons. The van der Waals surface area contributed by atoms with Crippen molar-refractivity contribution in [3.05, 3.63) is 0 Å². The summed E-state index contributed by atoms with van der Waals surface area (Å²) in [5.41, 5.74) is 0. The van der Waals surface area contributed by atoms with Gasteiger partial charge in [0.15, 0.2) is 0 Å². The third-order valence-corrected chi connectivity index (χ3v) is 2.89. The molecule has 3 N–H and O–H groups in total. The fraction of sp³-hybridized carbons (Fsp3) is 0.909. The first kappa shape index (κ1) is 12.5. The number of hydrogen-bond acceptors (Lipinski definition) is 3. The minimum atomic E-state index is -0.214. The summed E-state index contributed by atoms with van der Waals surface area (Å²) in [5.74, 6) is 0.294. The van der Waals surface area contributed by atoms with E-state index >= 15 is 0 Å². The summed E-state index contributed by atoms with van der Waals surface area (Å²) in [5, 5.41) is 15.4. The van der Waals surface area contributed by atoms with Crippen molar-refractivity contribution in [1.29, 1.82) is 0 Å². The van der Waals surface area contributed by atoms with Gasteiger partial charge in [-0.3, -0.25) is 4.79 Å². The van der Waals surface area contributed by atoms with Crippen molar-refractivity contribution in [2.24, 2.45) is 5.92 Å². The molecule has 4 heteroatoms. The second-order valence-corrected chi connectivity index (χ2v) is 4.24. The summed E-state index contributed by atoms with van der Waals surface area (Å²) in [4.78, 5) is 11.3. The van der Waals surface area contributed by atoms with Crippen LogP contribution in [-0.2, 0) is 4.79 Å². The predicted octanol–water partition coefficient (Wildman–Crippen LogP) is 0.263. The third kappa shape index (κ3) is 4.62. The van der Waals surface area contributed by atoms with Crippen LogP contribution >= 0.6 is 0 Å². The summed E-state index contributed by atoms with van der Waals surface area (Å²) >= 11 is 0. The smallest absolute Gasteiger partial charge is 0.233 e. The Hall–Kier alpha value is -0.610. The topological polar surface area (TPSA) is 61.4 Å². The molecule has 0 aromatic carbocycles. The van der Waals surface area contributed by atoms with Crippen LogP contribution < -0.4 is 10.6 Å². The Kier molecular flexibility index (Phi) is 5.65. The number of aliphatic hydroxyl groups is 1. The van der Waals surface area contributed by atoms with Crippen molar-refractivity contribution in [1.82, 2.24) is 10.6 Å². The van der Waals surface area contributed by atoms with Crippen molar-refractivity contribution in [2.45, 2.75) is 38.7 Å². The molecule has 2 atom stereocenters. The number of carbonyl (C=O) groups excluding carboxylic acids is 1. The minimum absolute atomic E-state index is 0.0301. The molecule has 1 aliphatic rings. The summed E-state index contributed by atoms with van der Waals surface area (Å²) in [6.07, 6.45) is 3.82. The van der Waals surface area contributed by atoms with Gasteiger partial charge in [0.25, 0.3) is 0 Å². The van der Waals surface area contributed by atoms with Gasteiger partial charge in [-0.2, -0.15) is 0 Å². The summed E-state index contributed by atoms with van der Waals surface area (Å²) in [6.45, 7) is 3.95. The molecule has 0 aromatic rings. The maximum Gasteiger partial charge on any atom is 0.233 e. The Morgan fingerprint density at radius 1 is 1.47 bits per heavy atom. The SMILES string of the molecule is CCCNCC(=O)NCC1CCCC1O. The second-order valence-electron chi connectivity index (χ2n) is 4.24. The molecule has 0 aliphatic heterocycles. The second kappa shape index (κ2) is 6.80. The quantitative estimate of drug-likeness (QED) is 0.556. The van der Waals surface area contributed by atoms with E-state index in [1.165, 1.54) is 0 Å². The van der Waals surface area contributed by atoms with Crippen molar-refractivity contribution in [3.63, 3.8) is 0 Å². The molecule has 1 fully saturated rings. The zero-order chi connectivity index (χ0) is 11.1. The number of nitrogens with one attached hydrogen (secondary N) is 2. The maximum atomic E-state index is 11.3. The van der Waals surface area contributed by atoms with E-state index in [9.17, 15) is 9.90 Å². The van der Waals surface area contributed by atoms with Crippen LogP contribution in [-0.4, -0.2) is 36.8 Å². The lowest BCUT2D eigenvalue weighted by molar-refractivity contribution is -0.120. The van der Waals surface area contributed by atoms with E-state index in [0.717, 1.165) is 32.2 Å². The van der Waals surface area contributed by atoms with Gasteiger partial charge in [-0.15, -0.1) is 0 Å². The predicted molar refractivity (Wildman–Crippen MR) is 59.5 cm³/mol. The van der Waals surface area contributed by atoms with E-state index in [-0.39, 0.29) is 17.9 Å². The van der Waals surface area contributed by atoms with Crippen molar-refractivity contribution in [2.75, 3.05) is 19.6 Å². The van der Waals surface area contributed by atoms with Crippen LogP contribution in [0, 0.1) is 5.92 Å². The van der Waals surface area contributed by atoms with Gasteiger partial charge in [0.2, 0.25) is 5.91 Å². The van der Waals surface area contributed by atoms with Crippen LogP contribution in [0.1, 0.15) is 32.6 Å². The molecule has 1 amide bonds. The largest absolute Gasteiger partial charge is 0.393 e. The van der Waals surface area contributed by atoms with E-state index in [0.29, 0.717) is 13.1 Å². The first-order valence-electron chi connectivity index (χ1n) is 5.89. The van der Waals surface area contributed by atoms with Crippen molar-refractivity contribution in [3.8, 4) is 0 Å². The fourth-order valence-corrected chi connectivity index (χ4v) is 1.94. The molecule has 0 bridgehead atoms. The van der Waals surface area contributed by atoms with Gasteiger partial charge < -0.3 is 15.7 Å². The number of carbonyl (C=O) groups is 1. The molecule has 0 heterocycles. The van der Waals surface area contributed by atoms with Gasteiger partial charge in [-0.05, 0) is 25.8 Å². The number of rotatable bonds is 6. The molecule has 1 saturated carbocycles. The van der Waals surface area contributed by atoms with Gasteiger partial charge in [0.1, 0.15) is 0 Å². The van der Waals surface area contributed by atoms with Crippen LogP contribution in [0.4, 0.5) is 0 Å². The van der Waals surface area contributed by atoms with E-state index in [4.69, 9.17) is 0 Å². The number of aliphatic hydroxyl groups excluding tert-OH is 1. The summed E-state index contributed by atoms with van der Waals surface area (Å²) in [6, 6.07) is 0. The van der Waals surface area contributed by atoms with Gasteiger partial charge >= 0.3 is 0 Å². The Bertz CT molecular complexity index is 197. The normalized spacial score (nSPS) is 25.5. The lowest BCUT2D eigenvalue weighted by Gasteiger charge is -2.15. The Balaban J connectivity index is 2.05. The standard InChI is InChI=1S/C11H22N2O2/c1-2-6-12-8-11(15)13-7-9-4-3-5-10(9)14/h9-10,12,14H,2-8H2,1H3,(H,13,15). The molecule has 0 spiro atoms. The molecular weight excluding hydrogens is 192 g/mol. The highest BCUT2D eigenvalue weighted by Gasteiger charge is 2.25. The molecule has 0 saturated heterocycles. The zero-order valence-electron chi connectivity index (χ0n) is 9.46. The van der Waals surface area contributed by atoms with Gasteiger partial charge in [-0.25, -0.2) is 0 Å². The fourth-order valence-electron chi connectivity index (χ4n) is 1.94. The Labute approximate surface area is 91.4 Å².